The molecule has 0 spiro atoms. The predicted molar refractivity (Wildman–Crippen MR) is 197 cm³/mol. The Morgan fingerprint density at radius 3 is 1.89 bits per heavy atom. The molecule has 3 heterocycles. The van der Waals surface area contributed by atoms with Gasteiger partial charge in [-0.25, -0.2) is 0 Å². The minimum atomic E-state index is 0.0956. The van der Waals surface area contributed by atoms with Crippen LogP contribution in [0.4, 0.5) is 34.1 Å². The molecule has 10 rings (SSSR count). The maximum absolute atomic E-state index is 7.05. The van der Waals surface area contributed by atoms with Crippen molar-refractivity contribution in [3.63, 3.8) is 0 Å². The van der Waals surface area contributed by atoms with E-state index in [1.165, 1.54) is 43.0 Å². The SMILES string of the molecule is c1ccc(-c2ccc(N3c4ccccc4Oc4c3cc3c5c4N(c4ccccc4)c4ccccc4B5c4ccccc4S3)cc2)cc1. The summed E-state index contributed by atoms with van der Waals surface area (Å²) < 4.78 is 7.05. The Morgan fingerprint density at radius 2 is 1.09 bits per heavy atom. The second-order valence-corrected chi connectivity index (χ2v) is 13.2. The molecule has 7 aromatic rings. The quantitative estimate of drug-likeness (QED) is 0.183. The molecule has 0 radical (unpaired) electrons. The van der Waals surface area contributed by atoms with E-state index in [1.807, 2.05) is 11.8 Å². The van der Waals surface area contributed by atoms with Crippen molar-refractivity contribution in [1.29, 1.82) is 0 Å². The summed E-state index contributed by atoms with van der Waals surface area (Å²) in [6.45, 7) is 0.0956. The van der Waals surface area contributed by atoms with Crippen molar-refractivity contribution < 1.29 is 4.74 Å². The highest BCUT2D eigenvalue weighted by Crippen LogP contribution is 2.57. The van der Waals surface area contributed by atoms with E-state index in [1.54, 1.807) is 0 Å². The van der Waals surface area contributed by atoms with Gasteiger partial charge in [0, 0.05) is 26.9 Å². The number of hydrogen-bond donors (Lipinski definition) is 0. The highest BCUT2D eigenvalue weighted by atomic mass is 32.2. The van der Waals surface area contributed by atoms with Crippen molar-refractivity contribution in [2.75, 3.05) is 9.80 Å². The van der Waals surface area contributed by atoms with Crippen LogP contribution in [-0.4, -0.2) is 6.71 Å². The van der Waals surface area contributed by atoms with Crippen LogP contribution >= 0.6 is 11.8 Å². The van der Waals surface area contributed by atoms with Crippen molar-refractivity contribution >= 4 is 69.0 Å². The largest absolute Gasteiger partial charge is 0.451 e. The normalized spacial score (nSPS) is 13.5. The monoisotopic (exact) mass is 618 g/mol. The van der Waals surface area contributed by atoms with Gasteiger partial charge in [-0.15, -0.1) is 0 Å². The molecule has 0 N–H and O–H groups in total. The topological polar surface area (TPSA) is 15.7 Å². The van der Waals surface area contributed by atoms with Gasteiger partial charge in [-0.3, -0.25) is 0 Å². The standard InChI is InChI=1S/C42H27BN2OS/c1-3-13-28(14-4-1)29-23-25-31(26-24-29)44-35-20-10-11-21-37(35)46-42-36(44)27-39-40-41(42)45(30-15-5-2-6-16-30)34-19-9-7-17-32(34)43(40)33-18-8-12-22-38(33)47-39/h1-27H. The molecule has 7 aromatic carbocycles. The van der Waals surface area contributed by atoms with E-state index < -0.39 is 0 Å². The number of rotatable bonds is 3. The summed E-state index contributed by atoms with van der Waals surface area (Å²) >= 11 is 1.86. The van der Waals surface area contributed by atoms with Crippen LogP contribution in [0.25, 0.3) is 11.1 Å². The van der Waals surface area contributed by atoms with E-state index in [4.69, 9.17) is 4.74 Å². The van der Waals surface area contributed by atoms with E-state index in [9.17, 15) is 0 Å². The van der Waals surface area contributed by atoms with Crippen LogP contribution in [0.5, 0.6) is 11.5 Å². The maximum atomic E-state index is 7.05. The third-order valence-electron chi connectivity index (χ3n) is 9.49. The van der Waals surface area contributed by atoms with Gasteiger partial charge in [-0.05, 0) is 76.6 Å². The van der Waals surface area contributed by atoms with E-state index in [0.29, 0.717) is 0 Å². The Morgan fingerprint density at radius 1 is 0.468 bits per heavy atom. The smallest absolute Gasteiger partial charge is 0.249 e. The highest BCUT2D eigenvalue weighted by Gasteiger charge is 2.44. The molecule has 47 heavy (non-hydrogen) atoms. The van der Waals surface area contributed by atoms with Crippen LogP contribution in [0.1, 0.15) is 0 Å². The fourth-order valence-corrected chi connectivity index (χ4v) is 8.65. The van der Waals surface area contributed by atoms with Crippen LogP contribution in [0.2, 0.25) is 0 Å². The van der Waals surface area contributed by atoms with Gasteiger partial charge < -0.3 is 14.5 Å². The first-order valence-electron chi connectivity index (χ1n) is 16.0. The lowest BCUT2D eigenvalue weighted by atomic mass is 9.35. The molecule has 0 aromatic heterocycles. The summed E-state index contributed by atoms with van der Waals surface area (Å²) in [7, 11) is 0. The van der Waals surface area contributed by atoms with Crippen molar-refractivity contribution in [2.45, 2.75) is 9.79 Å². The molecule has 0 saturated heterocycles. The van der Waals surface area contributed by atoms with Gasteiger partial charge in [0.25, 0.3) is 0 Å². The van der Waals surface area contributed by atoms with Crippen LogP contribution < -0.4 is 30.9 Å². The summed E-state index contributed by atoms with van der Waals surface area (Å²) in [5, 5.41) is 0. The summed E-state index contributed by atoms with van der Waals surface area (Å²) in [5.74, 6) is 1.72. The average molecular weight is 619 g/mol. The third-order valence-corrected chi connectivity index (χ3v) is 10.6. The molecule has 3 aliphatic rings. The van der Waals surface area contributed by atoms with Crippen molar-refractivity contribution in [3.05, 3.63) is 164 Å². The van der Waals surface area contributed by atoms with Gasteiger partial charge in [0.05, 0.1) is 17.1 Å². The zero-order chi connectivity index (χ0) is 30.9. The van der Waals surface area contributed by atoms with E-state index in [0.717, 1.165) is 39.9 Å². The van der Waals surface area contributed by atoms with E-state index in [-0.39, 0.29) is 6.71 Å². The Kier molecular flexibility index (Phi) is 5.90. The molecule has 0 fully saturated rings. The van der Waals surface area contributed by atoms with Crippen LogP contribution in [0.15, 0.2) is 174 Å². The number of benzene rings is 7. The molecule has 0 bridgehead atoms. The summed E-state index contributed by atoms with van der Waals surface area (Å²) in [6, 6.07) is 58.7. The van der Waals surface area contributed by atoms with Gasteiger partial charge in [0.2, 0.25) is 6.71 Å². The second kappa shape index (κ2) is 10.4. The molecule has 0 amide bonds. The first kappa shape index (κ1) is 26.6. The Bertz CT molecular complexity index is 2330. The third kappa shape index (κ3) is 4.03. The van der Waals surface area contributed by atoms with Crippen molar-refractivity contribution in [1.82, 2.24) is 0 Å². The summed E-state index contributed by atoms with van der Waals surface area (Å²) in [5.41, 5.74) is 12.9. The van der Waals surface area contributed by atoms with Gasteiger partial charge in [0.15, 0.2) is 11.5 Å². The number of para-hydroxylation sites is 4. The minimum absolute atomic E-state index is 0.0956. The highest BCUT2D eigenvalue weighted by molar-refractivity contribution is 8.00. The van der Waals surface area contributed by atoms with E-state index >= 15 is 0 Å². The molecule has 0 saturated carbocycles. The molecular formula is C42H27BN2OS. The molecule has 220 valence electrons. The van der Waals surface area contributed by atoms with Gasteiger partial charge in [0.1, 0.15) is 0 Å². The lowest BCUT2D eigenvalue weighted by Crippen LogP contribution is -2.60. The fraction of sp³-hybridized carbons (Fsp3) is 0. The Balaban J connectivity index is 1.26. The summed E-state index contributed by atoms with van der Waals surface area (Å²) in [6.07, 6.45) is 0. The van der Waals surface area contributed by atoms with Crippen molar-refractivity contribution in [3.8, 4) is 22.6 Å². The van der Waals surface area contributed by atoms with Gasteiger partial charge in [-0.1, -0.05) is 126 Å². The Hall–Kier alpha value is -5.65. The maximum Gasteiger partial charge on any atom is 0.249 e. The number of fused-ring (bicyclic) bond motifs is 7. The summed E-state index contributed by atoms with van der Waals surface area (Å²) in [4.78, 5) is 7.35. The van der Waals surface area contributed by atoms with Gasteiger partial charge in [-0.2, -0.15) is 0 Å². The zero-order valence-corrected chi connectivity index (χ0v) is 26.2. The molecule has 0 unspecified atom stereocenters. The molecule has 5 heteroatoms. The minimum Gasteiger partial charge on any atom is -0.451 e. The first-order chi connectivity index (χ1) is 23.3. The molecule has 3 aliphatic heterocycles. The lowest BCUT2D eigenvalue weighted by molar-refractivity contribution is 0.478. The number of hydrogen-bond acceptors (Lipinski definition) is 4. The molecular weight excluding hydrogens is 591 g/mol. The zero-order valence-electron chi connectivity index (χ0n) is 25.4. The van der Waals surface area contributed by atoms with Crippen LogP contribution in [0.3, 0.4) is 0 Å². The lowest BCUT2D eigenvalue weighted by Gasteiger charge is -2.43. The van der Waals surface area contributed by atoms with Crippen LogP contribution in [-0.2, 0) is 0 Å². The number of nitrogens with zero attached hydrogens (tertiary/aromatic N) is 2. The second-order valence-electron chi connectivity index (χ2n) is 12.1. The number of anilines is 6. The Labute approximate surface area is 278 Å². The fourth-order valence-electron chi connectivity index (χ4n) is 7.47. The van der Waals surface area contributed by atoms with E-state index in [2.05, 4.69) is 174 Å². The van der Waals surface area contributed by atoms with Crippen LogP contribution in [0, 0.1) is 0 Å². The predicted octanol–water partition coefficient (Wildman–Crippen LogP) is 9.69. The molecule has 0 atom stereocenters. The first-order valence-corrected chi connectivity index (χ1v) is 16.8. The number of ether oxygens (including phenoxy) is 1. The van der Waals surface area contributed by atoms with Crippen molar-refractivity contribution in [2.24, 2.45) is 0 Å². The average Bonchev–Trinajstić information content (AvgIpc) is 3.14. The molecule has 0 aliphatic carbocycles. The molecule has 3 nitrogen and oxygen atoms in total. The van der Waals surface area contributed by atoms with Gasteiger partial charge >= 0.3 is 0 Å².